The van der Waals surface area contributed by atoms with Crippen molar-refractivity contribution in [3.8, 4) is 11.1 Å². The van der Waals surface area contributed by atoms with Crippen molar-refractivity contribution in [1.29, 1.82) is 0 Å². The third-order valence-corrected chi connectivity index (χ3v) is 8.32. The van der Waals surface area contributed by atoms with E-state index in [9.17, 15) is 4.79 Å². The number of benzene rings is 3. The number of rotatable bonds is 7. The number of carbonyl (C=O) groups excluding carboxylic acids is 1. The summed E-state index contributed by atoms with van der Waals surface area (Å²) < 4.78 is 2.22. The second-order valence-corrected chi connectivity index (χ2v) is 10.8. The van der Waals surface area contributed by atoms with Crippen molar-refractivity contribution in [2.45, 2.75) is 38.6 Å². The lowest BCUT2D eigenvalue weighted by Crippen LogP contribution is -2.49. The van der Waals surface area contributed by atoms with E-state index in [2.05, 4.69) is 87.2 Å². The van der Waals surface area contributed by atoms with Gasteiger partial charge >= 0.3 is 0 Å². The molecule has 36 heavy (non-hydrogen) atoms. The van der Waals surface area contributed by atoms with E-state index in [4.69, 9.17) is 0 Å². The molecular weight excluding hydrogens is 442 g/mol. The number of piperazine rings is 1. The van der Waals surface area contributed by atoms with E-state index >= 15 is 0 Å². The average Bonchev–Trinajstić information content (AvgIpc) is 3.23. The summed E-state index contributed by atoms with van der Waals surface area (Å²) >= 11 is 0. The number of aromatic nitrogens is 1. The van der Waals surface area contributed by atoms with Gasteiger partial charge in [0.25, 0.3) is 0 Å². The van der Waals surface area contributed by atoms with Crippen LogP contribution in [0.3, 0.4) is 0 Å². The molecular formula is C32H37N3O. The summed E-state index contributed by atoms with van der Waals surface area (Å²) in [6, 6.07) is 25.7. The molecule has 2 fully saturated rings. The lowest BCUT2D eigenvalue weighted by Gasteiger charge is -2.37. The first-order valence-electron chi connectivity index (χ1n) is 13.8. The zero-order chi connectivity index (χ0) is 24.3. The summed E-state index contributed by atoms with van der Waals surface area (Å²) in [6.07, 6.45) is 7.06. The van der Waals surface area contributed by atoms with Gasteiger partial charge in [-0.2, -0.15) is 0 Å². The van der Waals surface area contributed by atoms with E-state index in [1.54, 1.807) is 0 Å². The fraction of sp³-hybridized carbons (Fsp3) is 0.406. The molecule has 0 spiro atoms. The molecule has 1 saturated carbocycles. The van der Waals surface area contributed by atoms with Gasteiger partial charge in [-0.25, -0.2) is 0 Å². The van der Waals surface area contributed by atoms with E-state index in [1.165, 1.54) is 60.5 Å². The second-order valence-electron chi connectivity index (χ2n) is 10.8. The molecule has 2 heterocycles. The molecule has 1 aliphatic heterocycles. The van der Waals surface area contributed by atoms with Crippen LogP contribution in [-0.2, 0) is 11.3 Å². The number of nitrogens with zero attached hydrogens (tertiary/aromatic N) is 3. The summed E-state index contributed by atoms with van der Waals surface area (Å²) in [5, 5.41) is 2.44. The molecule has 0 amide bonds. The van der Waals surface area contributed by atoms with Crippen LogP contribution in [-0.4, -0.2) is 59.4 Å². The third-order valence-electron chi connectivity index (χ3n) is 8.32. The van der Waals surface area contributed by atoms with Gasteiger partial charge in [-0.1, -0.05) is 73.9 Å². The monoisotopic (exact) mass is 479 g/mol. The molecule has 1 aliphatic carbocycles. The molecule has 4 heteroatoms. The Morgan fingerprint density at radius 1 is 0.667 bits per heavy atom. The normalized spacial score (nSPS) is 18.2. The van der Waals surface area contributed by atoms with Gasteiger partial charge < -0.3 is 9.47 Å². The van der Waals surface area contributed by atoms with Gasteiger partial charge in [0.15, 0.2) is 5.78 Å². The molecule has 4 aromatic rings. The lowest BCUT2D eigenvalue weighted by atomic mass is 9.89. The maximum absolute atomic E-state index is 13.3. The molecule has 4 nitrogen and oxygen atoms in total. The van der Waals surface area contributed by atoms with E-state index < -0.39 is 0 Å². The maximum atomic E-state index is 13.3. The minimum atomic E-state index is 0.297. The van der Waals surface area contributed by atoms with Gasteiger partial charge in [-0.3, -0.25) is 9.69 Å². The Bertz CT molecular complexity index is 1330. The number of fused-ring (bicyclic) bond motifs is 3. The predicted octanol–water partition coefficient (Wildman–Crippen LogP) is 6.23. The molecule has 0 N–H and O–H groups in total. The first-order chi connectivity index (χ1) is 17.7. The van der Waals surface area contributed by atoms with Gasteiger partial charge in [0, 0.05) is 54.5 Å². The topological polar surface area (TPSA) is 28.5 Å². The van der Waals surface area contributed by atoms with Gasteiger partial charge in [0.1, 0.15) is 0 Å². The molecule has 6 rings (SSSR count). The highest BCUT2D eigenvalue weighted by molar-refractivity contribution is 6.10. The largest absolute Gasteiger partial charge is 0.333 e. The van der Waals surface area contributed by atoms with Crippen LogP contribution < -0.4 is 0 Å². The highest BCUT2D eigenvalue weighted by Gasteiger charge is 2.23. The van der Waals surface area contributed by atoms with E-state index in [0.29, 0.717) is 18.9 Å². The smallest absolute Gasteiger partial charge is 0.166 e. The van der Waals surface area contributed by atoms with Gasteiger partial charge in [0.05, 0.1) is 13.1 Å². The summed E-state index contributed by atoms with van der Waals surface area (Å²) in [5.74, 6) is 1.19. The fourth-order valence-corrected chi connectivity index (χ4v) is 6.37. The molecule has 2 aliphatic rings. The van der Waals surface area contributed by atoms with Crippen molar-refractivity contribution in [3.63, 3.8) is 0 Å². The van der Waals surface area contributed by atoms with Crippen LogP contribution in [0.15, 0.2) is 72.8 Å². The van der Waals surface area contributed by atoms with E-state index in [1.807, 2.05) is 0 Å². The van der Waals surface area contributed by atoms with Gasteiger partial charge in [-0.05, 0) is 48.1 Å². The zero-order valence-electron chi connectivity index (χ0n) is 21.2. The molecule has 186 valence electrons. The van der Waals surface area contributed by atoms with Crippen LogP contribution in [0.25, 0.3) is 32.9 Å². The number of Topliss-reactive ketones (excluding diaryl/α,β-unsaturated/α-hetero) is 1. The lowest BCUT2D eigenvalue weighted by molar-refractivity contribution is -0.121. The van der Waals surface area contributed by atoms with Gasteiger partial charge in [-0.15, -0.1) is 0 Å². The van der Waals surface area contributed by atoms with Crippen molar-refractivity contribution in [2.24, 2.45) is 5.92 Å². The molecule has 1 aromatic heterocycles. The summed E-state index contributed by atoms with van der Waals surface area (Å²) in [7, 11) is 0. The highest BCUT2D eigenvalue weighted by Crippen LogP contribution is 2.32. The Hall–Kier alpha value is -2.95. The predicted molar refractivity (Wildman–Crippen MR) is 149 cm³/mol. The minimum absolute atomic E-state index is 0.297. The van der Waals surface area contributed by atoms with E-state index in [-0.39, 0.29) is 0 Å². The first kappa shape index (κ1) is 23.4. The summed E-state index contributed by atoms with van der Waals surface area (Å²) in [5.41, 5.74) is 4.71. The Morgan fingerprint density at radius 2 is 1.36 bits per heavy atom. The Kier molecular flexibility index (Phi) is 6.89. The van der Waals surface area contributed by atoms with Crippen LogP contribution >= 0.6 is 0 Å². The molecule has 0 radical (unpaired) electrons. The number of hydrogen-bond donors (Lipinski definition) is 0. The molecule has 3 aromatic carbocycles. The molecule has 0 bridgehead atoms. The summed E-state index contributed by atoms with van der Waals surface area (Å²) in [6.45, 7) is 6.44. The number of ketones is 1. The van der Waals surface area contributed by atoms with Crippen LogP contribution in [0.5, 0.6) is 0 Å². The average molecular weight is 480 g/mol. The molecule has 0 unspecified atom stereocenters. The van der Waals surface area contributed by atoms with Crippen molar-refractivity contribution in [3.05, 3.63) is 72.8 Å². The van der Waals surface area contributed by atoms with Crippen molar-refractivity contribution in [2.75, 3.05) is 39.3 Å². The number of carbonyl (C=O) groups is 1. The Balaban J connectivity index is 1.15. The third kappa shape index (κ3) is 4.98. The zero-order valence-corrected chi connectivity index (χ0v) is 21.2. The van der Waals surface area contributed by atoms with Crippen LogP contribution in [0.2, 0.25) is 0 Å². The van der Waals surface area contributed by atoms with Gasteiger partial charge in [0.2, 0.25) is 0 Å². The first-order valence-corrected chi connectivity index (χ1v) is 13.8. The number of para-hydroxylation sites is 1. The highest BCUT2D eigenvalue weighted by atomic mass is 16.1. The van der Waals surface area contributed by atoms with Crippen molar-refractivity contribution in [1.82, 2.24) is 14.4 Å². The Labute approximate surface area is 214 Å². The standard InChI is InChI=1S/C32H37N3O/c36-28(23-34-19-17-33(18-20-34)22-25-9-3-1-4-10-25)24-35-31-14-8-7-13-29(31)30-21-27(15-16-32(30)35)26-11-5-2-6-12-26/h2,5-8,11-16,21,25H,1,3-4,9-10,17-20,22-24H2. The van der Waals surface area contributed by atoms with E-state index in [0.717, 1.165) is 43.1 Å². The number of hydrogen-bond acceptors (Lipinski definition) is 3. The van der Waals surface area contributed by atoms with Crippen LogP contribution in [0, 0.1) is 5.92 Å². The fourth-order valence-electron chi connectivity index (χ4n) is 6.37. The second kappa shape index (κ2) is 10.6. The van der Waals surface area contributed by atoms with Crippen molar-refractivity contribution < 1.29 is 4.79 Å². The minimum Gasteiger partial charge on any atom is -0.333 e. The SMILES string of the molecule is O=C(CN1CCN(CC2CCCCC2)CC1)Cn1c2ccccc2c2cc(-c3ccccc3)ccc21. The van der Waals surface area contributed by atoms with Crippen molar-refractivity contribution >= 4 is 27.6 Å². The van der Waals surface area contributed by atoms with Crippen LogP contribution in [0.4, 0.5) is 0 Å². The Morgan fingerprint density at radius 3 is 2.17 bits per heavy atom. The summed E-state index contributed by atoms with van der Waals surface area (Å²) in [4.78, 5) is 18.3. The quantitative estimate of drug-likeness (QED) is 0.315. The maximum Gasteiger partial charge on any atom is 0.166 e. The molecule has 0 atom stereocenters. The molecule has 1 saturated heterocycles. The van der Waals surface area contributed by atoms with Crippen LogP contribution in [0.1, 0.15) is 32.1 Å².